The number of ether oxygens (including phenoxy) is 2. The van der Waals surface area contributed by atoms with Crippen LogP contribution in [-0.4, -0.2) is 38.1 Å². The van der Waals surface area contributed by atoms with Crippen molar-refractivity contribution in [3.63, 3.8) is 0 Å². The number of amides is 1. The van der Waals surface area contributed by atoms with E-state index in [1.165, 1.54) is 14.0 Å². The van der Waals surface area contributed by atoms with Crippen LogP contribution in [0.1, 0.15) is 23.7 Å². The Labute approximate surface area is 131 Å². The molecule has 0 bridgehead atoms. The van der Waals surface area contributed by atoms with Gasteiger partial charge in [-0.05, 0) is 24.6 Å². The summed E-state index contributed by atoms with van der Waals surface area (Å²) in [4.78, 5) is 35.2. The quantitative estimate of drug-likeness (QED) is 0.799. The van der Waals surface area contributed by atoms with Crippen LogP contribution in [0.5, 0.6) is 0 Å². The van der Waals surface area contributed by atoms with Crippen molar-refractivity contribution in [1.82, 2.24) is 5.32 Å². The largest absolute Gasteiger partial charge is 0.469 e. The van der Waals surface area contributed by atoms with Gasteiger partial charge in [0.25, 0.3) is 5.91 Å². The van der Waals surface area contributed by atoms with Crippen molar-refractivity contribution in [3.05, 3.63) is 35.4 Å². The zero-order valence-electron chi connectivity index (χ0n) is 12.9. The average molecular weight is 329 g/mol. The van der Waals surface area contributed by atoms with E-state index in [1.54, 1.807) is 0 Å². The number of halogens is 2. The van der Waals surface area contributed by atoms with Crippen LogP contribution >= 0.6 is 0 Å². The van der Waals surface area contributed by atoms with Crippen LogP contribution in [0.4, 0.5) is 8.78 Å². The second-order valence-corrected chi connectivity index (χ2v) is 4.84. The molecule has 126 valence electrons. The maximum atomic E-state index is 13.2. The molecule has 1 aromatic carbocycles. The van der Waals surface area contributed by atoms with E-state index in [4.69, 9.17) is 0 Å². The average Bonchev–Trinajstić information content (AvgIpc) is 2.54. The maximum Gasteiger partial charge on any atom is 0.328 e. The van der Waals surface area contributed by atoms with Gasteiger partial charge >= 0.3 is 11.9 Å². The van der Waals surface area contributed by atoms with Crippen molar-refractivity contribution in [2.45, 2.75) is 19.4 Å². The van der Waals surface area contributed by atoms with Crippen molar-refractivity contribution in [1.29, 1.82) is 0 Å². The van der Waals surface area contributed by atoms with Crippen LogP contribution in [0.15, 0.2) is 18.2 Å². The summed E-state index contributed by atoms with van der Waals surface area (Å²) in [5.41, 5.74) is -0.163. The fraction of sp³-hybridized carbons (Fsp3) is 0.400. The fourth-order valence-corrected chi connectivity index (χ4v) is 1.89. The first-order valence-electron chi connectivity index (χ1n) is 6.71. The number of hydrogen-bond acceptors (Lipinski definition) is 5. The van der Waals surface area contributed by atoms with Gasteiger partial charge in [0, 0.05) is 5.56 Å². The number of carbonyl (C=O) groups is 3. The van der Waals surface area contributed by atoms with Gasteiger partial charge in [-0.25, -0.2) is 13.6 Å². The van der Waals surface area contributed by atoms with Crippen molar-refractivity contribution < 1.29 is 32.6 Å². The Kier molecular flexibility index (Phi) is 6.62. The van der Waals surface area contributed by atoms with Gasteiger partial charge in [-0.2, -0.15) is 0 Å². The van der Waals surface area contributed by atoms with E-state index in [2.05, 4.69) is 14.8 Å². The molecule has 0 heterocycles. The third-order valence-corrected chi connectivity index (χ3v) is 3.17. The van der Waals surface area contributed by atoms with Gasteiger partial charge in [-0.1, -0.05) is 6.92 Å². The summed E-state index contributed by atoms with van der Waals surface area (Å²) in [5.74, 6) is -5.07. The molecule has 0 aliphatic rings. The van der Waals surface area contributed by atoms with Crippen LogP contribution in [0.3, 0.4) is 0 Å². The van der Waals surface area contributed by atoms with E-state index in [1.807, 2.05) is 0 Å². The molecule has 0 spiro atoms. The summed E-state index contributed by atoms with van der Waals surface area (Å²) in [6, 6.07) is 1.46. The maximum absolute atomic E-state index is 13.2. The number of nitrogens with one attached hydrogen (secondary N) is 1. The van der Waals surface area contributed by atoms with Crippen LogP contribution in [0.2, 0.25) is 0 Å². The van der Waals surface area contributed by atoms with Gasteiger partial charge in [-0.3, -0.25) is 9.59 Å². The second-order valence-electron chi connectivity index (χ2n) is 4.84. The molecule has 8 heteroatoms. The predicted octanol–water partition coefficient (Wildman–Crippen LogP) is 1.44. The molecular formula is C15H17F2NO5. The number of carbonyl (C=O) groups excluding carboxylic acids is 3. The third kappa shape index (κ3) is 5.01. The van der Waals surface area contributed by atoms with E-state index in [0.717, 1.165) is 19.2 Å². The first-order chi connectivity index (χ1) is 10.8. The highest BCUT2D eigenvalue weighted by atomic mass is 19.2. The lowest BCUT2D eigenvalue weighted by atomic mass is 10.0. The summed E-state index contributed by atoms with van der Waals surface area (Å²) < 4.78 is 35.1. The Balaban J connectivity index is 2.87. The summed E-state index contributed by atoms with van der Waals surface area (Å²) in [5, 5.41) is 2.33. The first kappa shape index (κ1) is 18.5. The van der Waals surface area contributed by atoms with Crippen molar-refractivity contribution in [2.75, 3.05) is 14.2 Å². The highest BCUT2D eigenvalue weighted by Crippen LogP contribution is 2.12. The normalized spacial score (nSPS) is 12.9. The Hall–Kier alpha value is -2.51. The highest BCUT2D eigenvalue weighted by molar-refractivity contribution is 5.96. The summed E-state index contributed by atoms with van der Waals surface area (Å²) >= 11 is 0. The Bertz CT molecular complexity index is 606. The summed E-state index contributed by atoms with van der Waals surface area (Å²) in [6.45, 7) is 1.52. The summed E-state index contributed by atoms with van der Waals surface area (Å²) in [7, 11) is 2.33. The van der Waals surface area contributed by atoms with Gasteiger partial charge in [0.2, 0.25) is 0 Å². The molecule has 0 aliphatic carbocycles. The summed E-state index contributed by atoms with van der Waals surface area (Å²) in [6.07, 6.45) is -0.0608. The minimum atomic E-state index is -1.19. The molecule has 2 atom stereocenters. The van der Waals surface area contributed by atoms with Crippen LogP contribution < -0.4 is 5.32 Å². The van der Waals surface area contributed by atoms with E-state index in [9.17, 15) is 23.2 Å². The molecule has 0 unspecified atom stereocenters. The number of benzene rings is 1. The number of methoxy groups -OCH3 is 2. The molecule has 0 aromatic heterocycles. The second kappa shape index (κ2) is 8.21. The van der Waals surface area contributed by atoms with E-state index >= 15 is 0 Å². The smallest absolute Gasteiger partial charge is 0.328 e. The predicted molar refractivity (Wildman–Crippen MR) is 75.4 cm³/mol. The minimum absolute atomic E-state index is 0.0608. The standard InChI is InChI=1S/C15H17F2NO5/c1-8(14(20)22-2)6-12(15(21)23-3)18-13(19)9-4-5-10(16)11(17)7-9/h4-5,7-8,12H,6H2,1-3H3,(H,18,19)/t8-,12+/m1/s1. The molecule has 0 saturated carbocycles. The molecule has 1 aromatic rings. The molecule has 0 radical (unpaired) electrons. The highest BCUT2D eigenvalue weighted by Gasteiger charge is 2.27. The van der Waals surface area contributed by atoms with Crippen LogP contribution in [0.25, 0.3) is 0 Å². The van der Waals surface area contributed by atoms with Crippen LogP contribution in [-0.2, 0) is 19.1 Å². The van der Waals surface area contributed by atoms with Crippen molar-refractivity contribution in [3.8, 4) is 0 Å². The Morgan fingerprint density at radius 1 is 1.09 bits per heavy atom. The van der Waals surface area contributed by atoms with Crippen molar-refractivity contribution >= 4 is 17.8 Å². The number of esters is 2. The first-order valence-corrected chi connectivity index (χ1v) is 6.71. The van der Waals surface area contributed by atoms with E-state index < -0.39 is 41.4 Å². The molecule has 0 fully saturated rings. The van der Waals surface area contributed by atoms with E-state index in [-0.39, 0.29) is 12.0 Å². The molecule has 1 N–H and O–H groups in total. The molecule has 1 rings (SSSR count). The molecule has 0 saturated heterocycles. The molecular weight excluding hydrogens is 312 g/mol. The Morgan fingerprint density at radius 2 is 1.70 bits per heavy atom. The van der Waals surface area contributed by atoms with Gasteiger partial charge in [-0.15, -0.1) is 0 Å². The van der Waals surface area contributed by atoms with Gasteiger partial charge < -0.3 is 14.8 Å². The fourth-order valence-electron chi connectivity index (χ4n) is 1.89. The topological polar surface area (TPSA) is 81.7 Å². The van der Waals surface area contributed by atoms with Gasteiger partial charge in [0.1, 0.15) is 6.04 Å². The lowest BCUT2D eigenvalue weighted by Crippen LogP contribution is -2.43. The van der Waals surface area contributed by atoms with Crippen LogP contribution in [0, 0.1) is 17.6 Å². The van der Waals surface area contributed by atoms with E-state index in [0.29, 0.717) is 6.07 Å². The molecule has 23 heavy (non-hydrogen) atoms. The Morgan fingerprint density at radius 3 is 2.22 bits per heavy atom. The zero-order chi connectivity index (χ0) is 17.6. The SMILES string of the molecule is COC(=O)[C@H](C)C[C@H](NC(=O)c1ccc(F)c(F)c1)C(=O)OC. The third-order valence-electron chi connectivity index (χ3n) is 3.17. The molecule has 6 nitrogen and oxygen atoms in total. The minimum Gasteiger partial charge on any atom is -0.469 e. The zero-order valence-corrected chi connectivity index (χ0v) is 12.9. The molecule has 0 aliphatic heterocycles. The molecule has 1 amide bonds. The van der Waals surface area contributed by atoms with Crippen molar-refractivity contribution in [2.24, 2.45) is 5.92 Å². The number of rotatable bonds is 6. The number of hydrogen-bond donors (Lipinski definition) is 1. The lowest BCUT2D eigenvalue weighted by Gasteiger charge is -2.19. The van der Waals surface area contributed by atoms with Gasteiger partial charge in [0.05, 0.1) is 20.1 Å². The monoisotopic (exact) mass is 329 g/mol. The lowest BCUT2D eigenvalue weighted by molar-refractivity contribution is -0.147. The van der Waals surface area contributed by atoms with Gasteiger partial charge in [0.15, 0.2) is 11.6 Å².